The van der Waals surface area contributed by atoms with Crippen molar-refractivity contribution in [2.75, 3.05) is 18.0 Å². The second kappa shape index (κ2) is 9.32. The molecule has 1 aromatic heterocycles. The average Bonchev–Trinajstić information content (AvgIpc) is 3.63. The number of nitrogens with zero attached hydrogens (tertiary/aromatic N) is 3. The minimum Gasteiger partial charge on any atom is -0.453 e. The summed E-state index contributed by atoms with van der Waals surface area (Å²) in [4.78, 5) is 15.1. The zero-order valence-electron chi connectivity index (χ0n) is 20.3. The van der Waals surface area contributed by atoms with Crippen molar-refractivity contribution in [3.8, 4) is 22.6 Å². The van der Waals surface area contributed by atoms with Gasteiger partial charge in [0.05, 0.1) is 17.9 Å². The highest BCUT2D eigenvalue weighted by Gasteiger charge is 2.39. The maximum Gasteiger partial charge on any atom is 0.230 e. The fraction of sp³-hybridized carbons (Fsp3) is 0.429. The monoisotopic (exact) mass is 492 g/mol. The van der Waals surface area contributed by atoms with Crippen LogP contribution in [0.2, 0.25) is 0 Å². The fourth-order valence-corrected chi connectivity index (χ4v) is 5.42. The number of aromatic nitrogens is 2. The molecule has 6 nitrogen and oxygen atoms in total. The topological polar surface area (TPSA) is 59.4 Å². The summed E-state index contributed by atoms with van der Waals surface area (Å²) >= 11 is 0. The Balaban J connectivity index is 1.45. The number of amides is 1. The molecule has 2 aromatic carbocycles. The first-order chi connectivity index (χ1) is 17.5. The van der Waals surface area contributed by atoms with E-state index in [0.29, 0.717) is 18.2 Å². The van der Waals surface area contributed by atoms with Gasteiger partial charge in [-0.3, -0.25) is 9.48 Å². The van der Waals surface area contributed by atoms with Gasteiger partial charge in [0, 0.05) is 40.9 Å². The number of hydrogen-bond acceptors (Lipinski definition) is 4. The van der Waals surface area contributed by atoms with E-state index in [9.17, 15) is 13.6 Å². The molecule has 8 heteroatoms. The molecule has 1 amide bonds. The van der Waals surface area contributed by atoms with Crippen molar-refractivity contribution in [3.63, 3.8) is 0 Å². The highest BCUT2D eigenvalue weighted by Crippen LogP contribution is 2.46. The zero-order valence-corrected chi connectivity index (χ0v) is 20.3. The number of benzene rings is 2. The van der Waals surface area contributed by atoms with Crippen molar-refractivity contribution in [2.45, 2.75) is 57.5 Å². The molecule has 0 unspecified atom stereocenters. The van der Waals surface area contributed by atoms with Crippen LogP contribution in [-0.2, 0) is 11.2 Å². The summed E-state index contributed by atoms with van der Waals surface area (Å²) in [6.07, 6.45) is 9.09. The Hall–Kier alpha value is -3.26. The van der Waals surface area contributed by atoms with Crippen LogP contribution in [0.1, 0.15) is 50.6 Å². The van der Waals surface area contributed by atoms with Crippen LogP contribution in [0, 0.1) is 17.6 Å². The molecule has 1 N–H and O–H groups in total. The van der Waals surface area contributed by atoms with Gasteiger partial charge in [0.1, 0.15) is 11.6 Å². The predicted octanol–water partition coefficient (Wildman–Crippen LogP) is 5.62. The molecule has 0 spiro atoms. The van der Waals surface area contributed by atoms with Crippen molar-refractivity contribution in [2.24, 2.45) is 5.92 Å². The van der Waals surface area contributed by atoms with Crippen LogP contribution in [0.5, 0.6) is 11.5 Å². The van der Waals surface area contributed by atoms with Gasteiger partial charge in [0.15, 0.2) is 11.6 Å². The maximum absolute atomic E-state index is 14.7. The normalized spacial score (nSPS) is 20.3. The van der Waals surface area contributed by atoms with Gasteiger partial charge in [-0.1, -0.05) is 0 Å². The summed E-state index contributed by atoms with van der Waals surface area (Å²) in [6.45, 7) is 3.97. The quantitative estimate of drug-likeness (QED) is 0.502. The molecule has 1 saturated carbocycles. The second-order valence-electron chi connectivity index (χ2n) is 10.2. The molecular weight excluding hydrogens is 462 g/mol. The van der Waals surface area contributed by atoms with Crippen LogP contribution >= 0.6 is 0 Å². The van der Waals surface area contributed by atoms with E-state index in [1.165, 1.54) is 0 Å². The van der Waals surface area contributed by atoms with Crippen molar-refractivity contribution in [3.05, 3.63) is 59.9 Å². The number of anilines is 1. The SMILES string of the molecule is C[C@H]1CCc2c(ccc(-c3cnn(C4CCNCC4)c3)c2Oc2cc(F)ccc2F)N1C(=O)C1CC1. The average molecular weight is 493 g/mol. The summed E-state index contributed by atoms with van der Waals surface area (Å²) in [7, 11) is 0. The molecule has 188 valence electrons. The summed E-state index contributed by atoms with van der Waals surface area (Å²) in [6, 6.07) is 7.48. The molecule has 1 saturated heterocycles. The molecule has 6 rings (SSSR count). The standard InChI is InChI=1S/C28H30F2N4O2/c1-17-2-6-23-25(34(17)28(35)18-3-4-18)9-7-22(27(23)36-26-14-20(29)5-8-24(26)30)19-15-32-33(16-19)21-10-12-31-13-11-21/h5,7-9,14-18,21,31H,2-4,6,10-13H2,1H3/t17-/m0/s1. The molecule has 2 fully saturated rings. The Bertz CT molecular complexity index is 1300. The van der Waals surface area contributed by atoms with Gasteiger partial charge in [-0.15, -0.1) is 0 Å². The Labute approximate surface area is 209 Å². The second-order valence-corrected chi connectivity index (χ2v) is 10.2. The van der Waals surface area contributed by atoms with Crippen molar-refractivity contribution < 1.29 is 18.3 Å². The highest BCUT2D eigenvalue weighted by atomic mass is 19.1. The van der Waals surface area contributed by atoms with E-state index in [0.717, 1.165) is 85.8 Å². The fourth-order valence-electron chi connectivity index (χ4n) is 5.42. The number of rotatable bonds is 5. The van der Waals surface area contributed by atoms with Crippen LogP contribution in [0.3, 0.4) is 0 Å². The first kappa shape index (κ1) is 23.2. The molecule has 36 heavy (non-hydrogen) atoms. The van der Waals surface area contributed by atoms with Crippen LogP contribution in [0.15, 0.2) is 42.7 Å². The minimum atomic E-state index is -0.638. The van der Waals surface area contributed by atoms with E-state index in [1.54, 1.807) is 6.20 Å². The lowest BCUT2D eigenvalue weighted by molar-refractivity contribution is -0.120. The van der Waals surface area contributed by atoms with E-state index in [4.69, 9.17) is 4.74 Å². The number of ether oxygens (including phenoxy) is 1. The van der Waals surface area contributed by atoms with Gasteiger partial charge in [0.25, 0.3) is 0 Å². The number of hydrogen-bond donors (Lipinski definition) is 1. The molecule has 1 aliphatic carbocycles. The number of carbonyl (C=O) groups excluding carboxylic acids is 1. The first-order valence-electron chi connectivity index (χ1n) is 12.9. The number of halogens is 2. The largest absolute Gasteiger partial charge is 0.453 e. The van der Waals surface area contributed by atoms with Crippen LogP contribution < -0.4 is 15.0 Å². The molecule has 3 heterocycles. The first-order valence-corrected chi connectivity index (χ1v) is 12.9. The third kappa shape index (κ3) is 4.28. The lowest BCUT2D eigenvalue weighted by atomic mass is 9.92. The molecule has 2 aliphatic heterocycles. The van der Waals surface area contributed by atoms with Gasteiger partial charge < -0.3 is 15.0 Å². The minimum absolute atomic E-state index is 0.0675. The summed E-state index contributed by atoms with van der Waals surface area (Å²) < 4.78 is 36.9. The Morgan fingerprint density at radius 3 is 2.67 bits per heavy atom. The van der Waals surface area contributed by atoms with Gasteiger partial charge >= 0.3 is 0 Å². The van der Waals surface area contributed by atoms with Crippen LogP contribution in [0.25, 0.3) is 11.1 Å². The van der Waals surface area contributed by atoms with Gasteiger partial charge in [-0.05, 0) is 82.8 Å². The summed E-state index contributed by atoms with van der Waals surface area (Å²) in [5, 5.41) is 8.00. The van der Waals surface area contributed by atoms with Crippen LogP contribution in [0.4, 0.5) is 14.5 Å². The Morgan fingerprint density at radius 2 is 1.89 bits per heavy atom. The summed E-state index contributed by atoms with van der Waals surface area (Å²) in [5.74, 6) is -0.711. The smallest absolute Gasteiger partial charge is 0.230 e. The molecule has 0 bridgehead atoms. The van der Waals surface area contributed by atoms with Crippen molar-refractivity contribution in [1.82, 2.24) is 15.1 Å². The Kier molecular flexibility index (Phi) is 5.99. The van der Waals surface area contributed by atoms with E-state index in [1.807, 2.05) is 27.9 Å². The predicted molar refractivity (Wildman–Crippen MR) is 133 cm³/mol. The van der Waals surface area contributed by atoms with Crippen molar-refractivity contribution >= 4 is 11.6 Å². The van der Waals surface area contributed by atoms with Gasteiger partial charge in [-0.25, -0.2) is 8.78 Å². The third-order valence-electron chi connectivity index (χ3n) is 7.61. The Morgan fingerprint density at radius 1 is 1.08 bits per heavy atom. The van der Waals surface area contributed by atoms with E-state index >= 15 is 0 Å². The molecule has 1 atom stereocenters. The number of carbonyl (C=O) groups is 1. The lowest BCUT2D eigenvalue weighted by Gasteiger charge is -2.36. The van der Waals surface area contributed by atoms with Crippen LogP contribution in [-0.4, -0.2) is 34.8 Å². The number of fused-ring (bicyclic) bond motifs is 1. The van der Waals surface area contributed by atoms with Crippen molar-refractivity contribution in [1.29, 1.82) is 0 Å². The van der Waals surface area contributed by atoms with Gasteiger partial charge in [-0.2, -0.15) is 5.10 Å². The van der Waals surface area contributed by atoms with Gasteiger partial charge in [0.2, 0.25) is 5.91 Å². The lowest BCUT2D eigenvalue weighted by Crippen LogP contribution is -2.43. The highest BCUT2D eigenvalue weighted by molar-refractivity contribution is 5.99. The number of nitrogens with one attached hydrogen (secondary N) is 1. The molecule has 3 aromatic rings. The summed E-state index contributed by atoms with van der Waals surface area (Å²) in [5.41, 5.74) is 3.25. The van der Waals surface area contributed by atoms with E-state index in [-0.39, 0.29) is 23.6 Å². The zero-order chi connectivity index (χ0) is 24.8. The van der Waals surface area contributed by atoms with E-state index in [2.05, 4.69) is 17.3 Å². The molecule has 0 radical (unpaired) electrons. The van der Waals surface area contributed by atoms with E-state index < -0.39 is 11.6 Å². The maximum atomic E-state index is 14.7. The number of piperidine rings is 1. The molecule has 3 aliphatic rings. The molecular formula is C28H30F2N4O2. The third-order valence-corrected chi connectivity index (χ3v) is 7.61.